The second kappa shape index (κ2) is 8.06. The molecular weight excluding hydrogens is 324 g/mol. The smallest absolute Gasteiger partial charge is 0.254 e. The number of nitrogens with two attached hydrogens (primary N) is 1. The summed E-state index contributed by atoms with van der Waals surface area (Å²) in [6.45, 7) is 3.23. The maximum atomic E-state index is 11.5. The number of aromatic nitrogens is 2. The Morgan fingerprint density at radius 3 is 2.68 bits per heavy atom. The van der Waals surface area contributed by atoms with Crippen molar-refractivity contribution in [3.05, 3.63) is 36.0 Å². The number of amides is 2. The lowest BCUT2D eigenvalue weighted by molar-refractivity contribution is -0.114. The van der Waals surface area contributed by atoms with Gasteiger partial charge in [-0.25, -0.2) is 4.98 Å². The van der Waals surface area contributed by atoms with Gasteiger partial charge in [-0.1, -0.05) is 6.07 Å². The van der Waals surface area contributed by atoms with Crippen molar-refractivity contribution >= 4 is 35.0 Å². The zero-order valence-corrected chi connectivity index (χ0v) is 13.9. The number of aliphatic hydroxyl groups is 1. The Kier molecular flexibility index (Phi) is 5.85. The molecule has 25 heavy (non-hydrogen) atoms. The molecule has 0 aliphatic heterocycles. The van der Waals surface area contributed by atoms with Crippen LogP contribution in [-0.4, -0.2) is 39.5 Å². The fourth-order valence-corrected chi connectivity index (χ4v) is 2.01. The molecule has 2 aromatic rings. The molecule has 0 fully saturated rings. The van der Waals surface area contributed by atoms with E-state index >= 15 is 0 Å². The van der Waals surface area contributed by atoms with Gasteiger partial charge in [0.15, 0.2) is 0 Å². The highest BCUT2D eigenvalue weighted by Crippen LogP contribution is 2.20. The first-order chi connectivity index (χ1) is 11.8. The highest BCUT2D eigenvalue weighted by atomic mass is 16.3. The fraction of sp³-hybridized carbons (Fsp3) is 0.250. The van der Waals surface area contributed by atoms with Crippen LogP contribution in [0.1, 0.15) is 24.2 Å². The molecule has 9 heteroatoms. The number of hydrogen-bond donors (Lipinski definition) is 5. The van der Waals surface area contributed by atoms with Crippen LogP contribution < -0.4 is 21.7 Å². The van der Waals surface area contributed by atoms with E-state index in [1.807, 2.05) is 0 Å². The van der Waals surface area contributed by atoms with Gasteiger partial charge in [-0.15, -0.1) is 0 Å². The Morgan fingerprint density at radius 2 is 2.04 bits per heavy atom. The second-order valence-electron chi connectivity index (χ2n) is 5.44. The molecule has 0 saturated carbocycles. The van der Waals surface area contributed by atoms with Crippen molar-refractivity contribution in [2.45, 2.75) is 20.0 Å². The van der Waals surface area contributed by atoms with Crippen molar-refractivity contribution in [1.29, 1.82) is 0 Å². The van der Waals surface area contributed by atoms with E-state index in [1.54, 1.807) is 31.2 Å². The number of rotatable bonds is 7. The van der Waals surface area contributed by atoms with Gasteiger partial charge in [0.2, 0.25) is 11.9 Å². The number of primary amides is 1. The molecule has 0 aliphatic carbocycles. The number of nitrogens with zero attached hydrogens (tertiary/aromatic N) is 2. The number of carbonyl (C=O) groups excluding carboxylic acids is 2. The van der Waals surface area contributed by atoms with Crippen LogP contribution >= 0.6 is 0 Å². The van der Waals surface area contributed by atoms with Crippen LogP contribution in [0.15, 0.2) is 30.5 Å². The highest BCUT2D eigenvalue weighted by Gasteiger charge is 2.13. The van der Waals surface area contributed by atoms with Crippen molar-refractivity contribution in [2.75, 3.05) is 22.5 Å². The molecule has 2 rings (SSSR count). The van der Waals surface area contributed by atoms with E-state index in [4.69, 9.17) is 5.73 Å². The Morgan fingerprint density at radius 1 is 1.32 bits per heavy atom. The highest BCUT2D eigenvalue weighted by molar-refractivity contribution is 5.97. The Balaban J connectivity index is 2.23. The van der Waals surface area contributed by atoms with Gasteiger partial charge in [-0.2, -0.15) is 4.98 Å². The number of benzene rings is 1. The summed E-state index contributed by atoms with van der Waals surface area (Å²) in [5.41, 5.74) is 6.71. The first-order valence-electron chi connectivity index (χ1n) is 7.58. The van der Waals surface area contributed by atoms with Crippen molar-refractivity contribution in [3.63, 3.8) is 0 Å². The lowest BCUT2D eigenvalue weighted by Gasteiger charge is -2.13. The van der Waals surface area contributed by atoms with Gasteiger partial charge in [-0.05, 0) is 25.1 Å². The topological polar surface area (TPSA) is 142 Å². The standard InChI is InChI=1S/C16H20N6O3/c1-9(23)7-18-15-13(14(17)25)8-19-16(22-15)21-12-5-3-4-11(6-12)20-10(2)24/h3-6,8-9,23H,7H2,1-2H3,(H2,17,25)(H,20,24)(H2,18,19,21,22)/t9-/m0/s1. The molecule has 1 aromatic heterocycles. The summed E-state index contributed by atoms with van der Waals surface area (Å²) in [6.07, 6.45) is 0.682. The van der Waals surface area contributed by atoms with E-state index in [0.717, 1.165) is 0 Å². The summed E-state index contributed by atoms with van der Waals surface area (Å²) in [4.78, 5) is 30.9. The minimum absolute atomic E-state index is 0.123. The first-order valence-corrected chi connectivity index (χ1v) is 7.58. The third kappa shape index (κ3) is 5.43. The molecule has 1 aromatic carbocycles. The molecule has 132 valence electrons. The summed E-state index contributed by atoms with van der Waals surface area (Å²) >= 11 is 0. The monoisotopic (exact) mass is 344 g/mol. The van der Waals surface area contributed by atoms with E-state index in [0.29, 0.717) is 11.4 Å². The maximum absolute atomic E-state index is 11.5. The second-order valence-corrected chi connectivity index (χ2v) is 5.44. The maximum Gasteiger partial charge on any atom is 0.254 e. The molecule has 0 aliphatic rings. The average molecular weight is 344 g/mol. The van der Waals surface area contributed by atoms with Gasteiger partial charge in [0.25, 0.3) is 5.91 Å². The molecule has 0 spiro atoms. The lowest BCUT2D eigenvalue weighted by atomic mass is 10.2. The van der Waals surface area contributed by atoms with E-state index in [1.165, 1.54) is 13.1 Å². The molecule has 1 heterocycles. The van der Waals surface area contributed by atoms with Crippen LogP contribution in [0.2, 0.25) is 0 Å². The van der Waals surface area contributed by atoms with Crippen molar-refractivity contribution in [1.82, 2.24) is 9.97 Å². The zero-order valence-electron chi connectivity index (χ0n) is 13.9. The molecule has 0 saturated heterocycles. The Bertz CT molecular complexity index is 778. The third-order valence-corrected chi connectivity index (χ3v) is 3.06. The number of nitrogens with one attached hydrogen (secondary N) is 3. The van der Waals surface area contributed by atoms with E-state index in [2.05, 4.69) is 25.9 Å². The number of aliphatic hydroxyl groups excluding tert-OH is 1. The number of hydrogen-bond acceptors (Lipinski definition) is 7. The summed E-state index contributed by atoms with van der Waals surface area (Å²) in [7, 11) is 0. The number of carbonyl (C=O) groups is 2. The molecule has 6 N–H and O–H groups in total. The molecule has 9 nitrogen and oxygen atoms in total. The van der Waals surface area contributed by atoms with Crippen molar-refractivity contribution in [3.8, 4) is 0 Å². The minimum Gasteiger partial charge on any atom is -0.392 e. The average Bonchev–Trinajstić information content (AvgIpc) is 2.52. The molecule has 0 bridgehead atoms. The predicted octanol–water partition coefficient (Wildman–Crippen LogP) is 1.07. The first kappa shape index (κ1) is 18.1. The predicted molar refractivity (Wildman–Crippen MR) is 94.7 cm³/mol. The normalized spacial score (nSPS) is 11.5. The van der Waals surface area contributed by atoms with Crippen LogP contribution in [0.3, 0.4) is 0 Å². The minimum atomic E-state index is -0.674. The quantitative estimate of drug-likeness (QED) is 0.505. The lowest BCUT2D eigenvalue weighted by Crippen LogP contribution is -2.21. The van der Waals surface area contributed by atoms with Crippen molar-refractivity contribution < 1.29 is 14.7 Å². The molecular formula is C16H20N6O3. The largest absolute Gasteiger partial charge is 0.392 e. The van der Waals surface area contributed by atoms with E-state index in [9.17, 15) is 14.7 Å². The van der Waals surface area contributed by atoms with Gasteiger partial charge < -0.3 is 26.8 Å². The van der Waals surface area contributed by atoms with Crippen molar-refractivity contribution in [2.24, 2.45) is 5.73 Å². The van der Waals surface area contributed by atoms with Crippen LogP contribution in [0.5, 0.6) is 0 Å². The Hall–Kier alpha value is -3.20. The van der Waals surface area contributed by atoms with E-state index < -0.39 is 12.0 Å². The number of anilines is 4. The van der Waals surface area contributed by atoms with Gasteiger partial charge in [0.1, 0.15) is 5.82 Å². The van der Waals surface area contributed by atoms with Gasteiger partial charge in [0.05, 0.1) is 11.7 Å². The third-order valence-electron chi connectivity index (χ3n) is 3.06. The fourth-order valence-electron chi connectivity index (χ4n) is 2.01. The van der Waals surface area contributed by atoms with Gasteiger partial charge >= 0.3 is 0 Å². The summed E-state index contributed by atoms with van der Waals surface area (Å²) in [5, 5.41) is 17.9. The van der Waals surface area contributed by atoms with Crippen LogP contribution in [-0.2, 0) is 4.79 Å². The molecule has 2 amide bonds. The summed E-state index contributed by atoms with van der Waals surface area (Å²) in [6, 6.07) is 7.01. The zero-order chi connectivity index (χ0) is 18.4. The van der Waals surface area contributed by atoms with Gasteiger partial charge in [-0.3, -0.25) is 9.59 Å². The van der Waals surface area contributed by atoms with E-state index in [-0.39, 0.29) is 29.8 Å². The SMILES string of the molecule is CC(=O)Nc1cccc(Nc2ncc(C(N)=O)c(NC[C@H](C)O)n2)c1. The molecule has 1 atom stereocenters. The summed E-state index contributed by atoms with van der Waals surface area (Å²) in [5.74, 6) is -0.391. The molecule has 0 radical (unpaired) electrons. The van der Waals surface area contributed by atoms with Crippen LogP contribution in [0.25, 0.3) is 0 Å². The Labute approximate surface area is 144 Å². The molecule has 0 unspecified atom stereocenters. The summed E-state index contributed by atoms with van der Waals surface area (Å²) < 4.78 is 0. The van der Waals surface area contributed by atoms with Crippen LogP contribution in [0.4, 0.5) is 23.1 Å². The van der Waals surface area contributed by atoms with Crippen LogP contribution in [0, 0.1) is 0 Å². The van der Waals surface area contributed by atoms with Gasteiger partial charge in [0, 0.05) is 31.0 Å².